The molecule has 0 aromatic carbocycles. The Labute approximate surface area is 252 Å². The zero-order chi connectivity index (χ0) is 29.4. The van der Waals surface area contributed by atoms with Crippen LogP contribution in [0.3, 0.4) is 0 Å². The first-order chi connectivity index (χ1) is 19.6. The Morgan fingerprint density at radius 2 is 0.825 bits per heavy atom. The second kappa shape index (κ2) is 32.9. The number of aliphatic hydroxyl groups is 1. The van der Waals surface area contributed by atoms with Crippen LogP contribution in [0.25, 0.3) is 0 Å². The van der Waals surface area contributed by atoms with E-state index in [-0.39, 0.29) is 12.1 Å². The summed E-state index contributed by atoms with van der Waals surface area (Å²) in [6.45, 7) is 7.40. The fraction of sp³-hybridized carbons (Fsp3) is 0.973. The van der Waals surface area contributed by atoms with Crippen molar-refractivity contribution in [3.8, 4) is 0 Å². The van der Waals surface area contributed by atoms with Crippen molar-refractivity contribution in [3.05, 3.63) is 0 Å². The average molecular weight is 567 g/mol. The highest BCUT2D eigenvalue weighted by Crippen LogP contribution is 2.24. The average Bonchev–Trinajstić information content (AvgIpc) is 2.95. The van der Waals surface area contributed by atoms with Crippen molar-refractivity contribution in [1.82, 2.24) is 0 Å². The normalized spacial score (nSPS) is 12.3. The fourth-order valence-corrected chi connectivity index (χ4v) is 5.97. The summed E-state index contributed by atoms with van der Waals surface area (Å²) < 4.78 is 5.58. The number of hydrogen-bond acceptors (Lipinski definition) is 3. The SMILES string of the molecule is CCCCCCCCCCC(CCCCCCCCCC)CCCOC(=O)CCCCC(O)CCCCCCC. The Balaban J connectivity index is 3.99. The third-order valence-corrected chi connectivity index (χ3v) is 8.76. The zero-order valence-corrected chi connectivity index (χ0v) is 27.8. The maximum Gasteiger partial charge on any atom is 0.305 e. The fourth-order valence-electron chi connectivity index (χ4n) is 5.97. The molecule has 1 atom stereocenters. The molecule has 0 saturated carbocycles. The summed E-state index contributed by atoms with van der Waals surface area (Å²) in [5.74, 6) is 0.763. The summed E-state index contributed by atoms with van der Waals surface area (Å²) in [7, 11) is 0. The summed E-state index contributed by atoms with van der Waals surface area (Å²) in [6, 6.07) is 0. The van der Waals surface area contributed by atoms with E-state index < -0.39 is 0 Å². The first kappa shape index (κ1) is 39.4. The predicted octanol–water partition coefficient (Wildman–Crippen LogP) is 12.3. The maximum absolute atomic E-state index is 12.2. The van der Waals surface area contributed by atoms with Crippen LogP contribution in [0.4, 0.5) is 0 Å². The Hall–Kier alpha value is -0.570. The molecule has 3 heteroatoms. The van der Waals surface area contributed by atoms with E-state index >= 15 is 0 Å². The molecule has 1 unspecified atom stereocenters. The maximum atomic E-state index is 12.2. The van der Waals surface area contributed by atoms with Crippen LogP contribution < -0.4 is 0 Å². The standard InChI is InChI=1S/C37H74O3/c1-4-7-10-13-15-17-20-22-28-35(29-23-21-18-16-14-11-8-5-2)30-27-34-40-37(39)33-26-25-32-36(38)31-24-19-12-9-6-3/h35-36,38H,4-34H2,1-3H3. The van der Waals surface area contributed by atoms with Crippen LogP contribution in [0, 0.1) is 5.92 Å². The van der Waals surface area contributed by atoms with Crippen LogP contribution in [0.5, 0.6) is 0 Å². The topological polar surface area (TPSA) is 46.5 Å². The highest BCUT2D eigenvalue weighted by Gasteiger charge is 2.11. The van der Waals surface area contributed by atoms with Crippen molar-refractivity contribution in [2.45, 2.75) is 219 Å². The molecule has 40 heavy (non-hydrogen) atoms. The summed E-state index contributed by atoms with van der Waals surface area (Å²) >= 11 is 0. The number of aliphatic hydroxyl groups excluding tert-OH is 1. The van der Waals surface area contributed by atoms with E-state index in [1.165, 1.54) is 148 Å². The summed E-state index contributed by atoms with van der Waals surface area (Å²) in [4.78, 5) is 12.2. The molecule has 240 valence electrons. The molecule has 0 aromatic heterocycles. The van der Waals surface area contributed by atoms with E-state index in [1.807, 2.05) is 0 Å². The van der Waals surface area contributed by atoms with Crippen molar-refractivity contribution in [2.24, 2.45) is 5.92 Å². The largest absolute Gasteiger partial charge is 0.466 e. The molecule has 0 heterocycles. The van der Waals surface area contributed by atoms with Gasteiger partial charge in [-0.15, -0.1) is 0 Å². The summed E-state index contributed by atoms with van der Waals surface area (Å²) in [5, 5.41) is 10.2. The van der Waals surface area contributed by atoms with Crippen molar-refractivity contribution >= 4 is 5.97 Å². The number of hydrogen-bond donors (Lipinski definition) is 1. The number of esters is 1. The summed E-state index contributed by atoms with van der Waals surface area (Å²) in [5.41, 5.74) is 0. The zero-order valence-electron chi connectivity index (χ0n) is 27.8. The molecule has 0 aliphatic carbocycles. The summed E-state index contributed by atoms with van der Waals surface area (Å²) in [6.07, 6.45) is 37.2. The van der Waals surface area contributed by atoms with Crippen molar-refractivity contribution in [2.75, 3.05) is 6.61 Å². The number of rotatable bonds is 33. The lowest BCUT2D eigenvalue weighted by molar-refractivity contribution is -0.144. The quantitative estimate of drug-likeness (QED) is 0.0634. The van der Waals surface area contributed by atoms with Gasteiger partial charge in [0.25, 0.3) is 0 Å². The van der Waals surface area contributed by atoms with Gasteiger partial charge in [-0.05, 0) is 38.0 Å². The Morgan fingerprint density at radius 1 is 0.475 bits per heavy atom. The van der Waals surface area contributed by atoms with Gasteiger partial charge in [0.2, 0.25) is 0 Å². The lowest BCUT2D eigenvalue weighted by Crippen LogP contribution is -2.09. The smallest absolute Gasteiger partial charge is 0.305 e. The van der Waals surface area contributed by atoms with E-state index in [1.54, 1.807) is 0 Å². The Bertz CT molecular complexity index is 472. The second-order valence-electron chi connectivity index (χ2n) is 12.9. The van der Waals surface area contributed by atoms with Crippen molar-refractivity contribution in [1.29, 1.82) is 0 Å². The van der Waals surface area contributed by atoms with Crippen LogP contribution >= 0.6 is 0 Å². The molecule has 0 aromatic rings. The molecule has 0 amide bonds. The van der Waals surface area contributed by atoms with Crippen LogP contribution in [-0.4, -0.2) is 23.8 Å². The third kappa shape index (κ3) is 30.4. The van der Waals surface area contributed by atoms with Gasteiger partial charge in [0.1, 0.15) is 0 Å². The Kier molecular flexibility index (Phi) is 32.5. The van der Waals surface area contributed by atoms with Gasteiger partial charge in [-0.1, -0.05) is 175 Å². The molecule has 1 N–H and O–H groups in total. The molecule has 0 saturated heterocycles. The lowest BCUT2D eigenvalue weighted by Gasteiger charge is -2.17. The first-order valence-electron chi connectivity index (χ1n) is 18.5. The van der Waals surface area contributed by atoms with Gasteiger partial charge >= 0.3 is 5.97 Å². The molecule has 0 spiro atoms. The van der Waals surface area contributed by atoms with E-state index in [9.17, 15) is 9.90 Å². The third-order valence-electron chi connectivity index (χ3n) is 8.76. The highest BCUT2D eigenvalue weighted by atomic mass is 16.5. The van der Waals surface area contributed by atoms with E-state index in [0.717, 1.165) is 44.4 Å². The van der Waals surface area contributed by atoms with Crippen LogP contribution in [0.15, 0.2) is 0 Å². The Morgan fingerprint density at radius 3 is 1.27 bits per heavy atom. The molecule has 0 fully saturated rings. The van der Waals surface area contributed by atoms with Gasteiger partial charge in [0.05, 0.1) is 12.7 Å². The predicted molar refractivity (Wildman–Crippen MR) is 176 cm³/mol. The number of carbonyl (C=O) groups is 1. The molecular formula is C37H74O3. The molecule has 0 radical (unpaired) electrons. The second-order valence-corrected chi connectivity index (χ2v) is 12.9. The molecule has 0 bridgehead atoms. The van der Waals surface area contributed by atoms with Gasteiger partial charge in [0, 0.05) is 6.42 Å². The molecular weight excluding hydrogens is 492 g/mol. The number of ether oxygens (including phenoxy) is 1. The van der Waals surface area contributed by atoms with Gasteiger partial charge < -0.3 is 9.84 Å². The van der Waals surface area contributed by atoms with Gasteiger partial charge in [-0.25, -0.2) is 0 Å². The minimum absolute atomic E-state index is 0.0447. The minimum atomic E-state index is -0.198. The van der Waals surface area contributed by atoms with Gasteiger partial charge in [-0.3, -0.25) is 4.79 Å². The first-order valence-corrected chi connectivity index (χ1v) is 18.5. The molecule has 0 rings (SSSR count). The van der Waals surface area contributed by atoms with E-state index in [0.29, 0.717) is 13.0 Å². The minimum Gasteiger partial charge on any atom is -0.466 e. The molecule has 0 aliphatic rings. The van der Waals surface area contributed by atoms with Crippen LogP contribution in [-0.2, 0) is 9.53 Å². The van der Waals surface area contributed by atoms with Gasteiger partial charge in [-0.2, -0.15) is 0 Å². The van der Waals surface area contributed by atoms with Crippen molar-refractivity contribution in [3.63, 3.8) is 0 Å². The monoisotopic (exact) mass is 567 g/mol. The highest BCUT2D eigenvalue weighted by molar-refractivity contribution is 5.69. The van der Waals surface area contributed by atoms with Crippen molar-refractivity contribution < 1.29 is 14.6 Å². The molecule has 3 nitrogen and oxygen atoms in total. The van der Waals surface area contributed by atoms with Crippen LogP contribution in [0.1, 0.15) is 213 Å². The van der Waals surface area contributed by atoms with E-state index in [2.05, 4.69) is 20.8 Å². The van der Waals surface area contributed by atoms with Gasteiger partial charge in [0.15, 0.2) is 0 Å². The number of unbranched alkanes of at least 4 members (excludes halogenated alkanes) is 19. The number of carbonyl (C=O) groups excluding carboxylic acids is 1. The molecule has 0 aliphatic heterocycles. The van der Waals surface area contributed by atoms with Crippen LogP contribution in [0.2, 0.25) is 0 Å². The lowest BCUT2D eigenvalue weighted by atomic mass is 9.90. The van der Waals surface area contributed by atoms with E-state index in [4.69, 9.17) is 4.74 Å².